The van der Waals surface area contributed by atoms with Gasteiger partial charge in [-0.2, -0.15) is 0 Å². The van der Waals surface area contributed by atoms with Crippen LogP contribution in [-0.2, 0) is 4.79 Å². The zero-order chi connectivity index (χ0) is 19.5. The maximum atomic E-state index is 12.8. The van der Waals surface area contributed by atoms with E-state index in [0.717, 1.165) is 18.8 Å². The molecule has 0 aliphatic carbocycles. The number of piperidine rings is 1. The fraction of sp³-hybridized carbons (Fsp3) is 0.381. The molecule has 0 bridgehead atoms. The summed E-state index contributed by atoms with van der Waals surface area (Å²) in [4.78, 5) is 27.4. The van der Waals surface area contributed by atoms with Crippen LogP contribution in [-0.4, -0.2) is 36.5 Å². The molecule has 7 heteroatoms. The number of non-ortho nitro benzene ring substituents is 1. The summed E-state index contributed by atoms with van der Waals surface area (Å²) < 4.78 is 0. The minimum absolute atomic E-state index is 0.00462. The maximum absolute atomic E-state index is 12.8. The number of amides is 1. The average molecular weight is 380 g/mol. The molecule has 2 saturated heterocycles. The van der Waals surface area contributed by atoms with Crippen molar-refractivity contribution in [2.24, 2.45) is 0 Å². The van der Waals surface area contributed by atoms with Gasteiger partial charge in [0.25, 0.3) is 5.69 Å². The monoisotopic (exact) mass is 380 g/mol. The molecule has 0 radical (unpaired) electrons. The fourth-order valence-electron chi connectivity index (χ4n) is 3.97. The summed E-state index contributed by atoms with van der Waals surface area (Å²) in [6.45, 7) is 2.75. The van der Waals surface area contributed by atoms with E-state index in [1.807, 2.05) is 12.1 Å². The minimum Gasteiger partial charge on any atom is -0.374 e. The normalized spacial score (nSPS) is 19.7. The molecule has 2 aromatic rings. The quantitative estimate of drug-likeness (QED) is 0.630. The maximum Gasteiger partial charge on any atom is 0.271 e. The Balaban J connectivity index is 1.41. The Bertz CT molecular complexity index is 862. The molecule has 0 saturated carbocycles. The molecular formula is C21H24N4O3. The van der Waals surface area contributed by atoms with Crippen LogP contribution in [0.25, 0.3) is 0 Å². The van der Waals surface area contributed by atoms with E-state index in [-0.39, 0.29) is 17.6 Å². The van der Waals surface area contributed by atoms with Gasteiger partial charge in [-0.05, 0) is 56.0 Å². The van der Waals surface area contributed by atoms with Crippen molar-refractivity contribution in [2.45, 2.75) is 31.7 Å². The number of carbonyl (C=O) groups excluding carboxylic acids is 1. The molecule has 1 N–H and O–H groups in total. The highest BCUT2D eigenvalue weighted by atomic mass is 16.6. The van der Waals surface area contributed by atoms with Crippen molar-refractivity contribution in [3.8, 4) is 0 Å². The van der Waals surface area contributed by atoms with Crippen molar-refractivity contribution in [1.82, 2.24) is 0 Å². The molecule has 2 fully saturated rings. The van der Waals surface area contributed by atoms with Gasteiger partial charge in [-0.3, -0.25) is 14.9 Å². The van der Waals surface area contributed by atoms with E-state index in [2.05, 4.69) is 22.3 Å². The van der Waals surface area contributed by atoms with E-state index < -0.39 is 4.92 Å². The van der Waals surface area contributed by atoms with Crippen LogP contribution in [0.5, 0.6) is 0 Å². The number of nitro groups is 1. The Morgan fingerprint density at radius 1 is 0.964 bits per heavy atom. The van der Waals surface area contributed by atoms with Crippen LogP contribution in [0.3, 0.4) is 0 Å². The van der Waals surface area contributed by atoms with Crippen molar-refractivity contribution in [3.05, 3.63) is 58.6 Å². The molecule has 2 aromatic carbocycles. The highest BCUT2D eigenvalue weighted by Crippen LogP contribution is 2.28. The summed E-state index contributed by atoms with van der Waals surface area (Å²) in [6, 6.07) is 14.2. The molecule has 2 aliphatic rings. The van der Waals surface area contributed by atoms with Crippen molar-refractivity contribution >= 4 is 28.7 Å². The van der Waals surface area contributed by atoms with Crippen LogP contribution >= 0.6 is 0 Å². The summed E-state index contributed by atoms with van der Waals surface area (Å²) >= 11 is 0. The summed E-state index contributed by atoms with van der Waals surface area (Å²) in [5.74, 6) is -0.0550. The SMILES string of the molecule is O=C1C(Nc2ccc(N3CCCCC3)cc2)CCN1c1cccc([N+](=O)[O-])c1. The Morgan fingerprint density at radius 2 is 1.71 bits per heavy atom. The van der Waals surface area contributed by atoms with Gasteiger partial charge < -0.3 is 15.1 Å². The van der Waals surface area contributed by atoms with Crippen LogP contribution in [0.15, 0.2) is 48.5 Å². The second kappa shape index (κ2) is 7.88. The molecular weight excluding hydrogens is 356 g/mol. The molecule has 28 heavy (non-hydrogen) atoms. The van der Waals surface area contributed by atoms with E-state index in [0.29, 0.717) is 18.7 Å². The molecule has 1 atom stereocenters. The van der Waals surface area contributed by atoms with Gasteiger partial charge in [0.15, 0.2) is 0 Å². The molecule has 0 aromatic heterocycles. The summed E-state index contributed by atoms with van der Waals surface area (Å²) in [6.07, 6.45) is 4.45. The first-order valence-corrected chi connectivity index (χ1v) is 9.79. The number of hydrogen-bond donors (Lipinski definition) is 1. The smallest absolute Gasteiger partial charge is 0.271 e. The number of hydrogen-bond acceptors (Lipinski definition) is 5. The number of rotatable bonds is 5. The van der Waals surface area contributed by atoms with Crippen molar-refractivity contribution in [3.63, 3.8) is 0 Å². The third-order valence-electron chi connectivity index (χ3n) is 5.49. The fourth-order valence-corrected chi connectivity index (χ4v) is 3.97. The topological polar surface area (TPSA) is 78.7 Å². The van der Waals surface area contributed by atoms with Gasteiger partial charge in [0.2, 0.25) is 5.91 Å². The van der Waals surface area contributed by atoms with Crippen LogP contribution in [0.4, 0.5) is 22.7 Å². The number of anilines is 3. The molecule has 146 valence electrons. The molecule has 2 aliphatic heterocycles. The standard InChI is InChI=1S/C21H24N4O3/c26-21-20(11-14-24(21)18-5-4-6-19(15-18)25(27)28)22-16-7-9-17(10-8-16)23-12-2-1-3-13-23/h4-10,15,20,22H,1-3,11-14H2. The molecule has 0 spiro atoms. The van der Waals surface area contributed by atoms with Gasteiger partial charge in [-0.25, -0.2) is 0 Å². The van der Waals surface area contributed by atoms with Crippen molar-refractivity contribution in [1.29, 1.82) is 0 Å². The highest BCUT2D eigenvalue weighted by Gasteiger charge is 2.33. The zero-order valence-corrected chi connectivity index (χ0v) is 15.7. The molecule has 1 amide bonds. The van der Waals surface area contributed by atoms with Gasteiger partial charge >= 0.3 is 0 Å². The lowest BCUT2D eigenvalue weighted by Gasteiger charge is -2.29. The van der Waals surface area contributed by atoms with Crippen LogP contribution in [0.1, 0.15) is 25.7 Å². The number of nitrogens with one attached hydrogen (secondary N) is 1. The molecule has 1 unspecified atom stereocenters. The first-order valence-electron chi connectivity index (χ1n) is 9.79. The number of nitro benzene ring substituents is 1. The van der Waals surface area contributed by atoms with E-state index in [9.17, 15) is 14.9 Å². The van der Waals surface area contributed by atoms with Gasteiger partial charge in [-0.15, -0.1) is 0 Å². The first-order chi connectivity index (χ1) is 13.6. The van der Waals surface area contributed by atoms with Gasteiger partial charge in [-0.1, -0.05) is 6.07 Å². The molecule has 4 rings (SSSR count). The minimum atomic E-state index is -0.441. The molecule has 2 heterocycles. The van der Waals surface area contributed by atoms with Crippen LogP contribution in [0.2, 0.25) is 0 Å². The number of carbonyl (C=O) groups is 1. The van der Waals surface area contributed by atoms with Crippen LogP contribution in [0, 0.1) is 10.1 Å². The molecule has 7 nitrogen and oxygen atoms in total. The zero-order valence-electron chi connectivity index (χ0n) is 15.7. The third kappa shape index (κ3) is 3.78. The highest BCUT2D eigenvalue weighted by molar-refractivity contribution is 6.01. The second-order valence-electron chi connectivity index (χ2n) is 7.35. The largest absolute Gasteiger partial charge is 0.374 e. The second-order valence-corrected chi connectivity index (χ2v) is 7.35. The Kier molecular flexibility index (Phi) is 5.14. The van der Waals surface area contributed by atoms with Gasteiger partial charge in [0.05, 0.1) is 10.6 Å². The van der Waals surface area contributed by atoms with Gasteiger partial charge in [0, 0.05) is 43.1 Å². The van der Waals surface area contributed by atoms with E-state index in [1.165, 1.54) is 37.1 Å². The van der Waals surface area contributed by atoms with Crippen LogP contribution < -0.4 is 15.1 Å². The first kappa shape index (κ1) is 18.3. The predicted octanol–water partition coefficient (Wildman–Crippen LogP) is 3.80. The van der Waals surface area contributed by atoms with Gasteiger partial charge in [0.1, 0.15) is 6.04 Å². The number of benzene rings is 2. The Hall–Kier alpha value is -3.09. The summed E-state index contributed by atoms with van der Waals surface area (Å²) in [7, 11) is 0. The summed E-state index contributed by atoms with van der Waals surface area (Å²) in [5, 5.41) is 14.3. The summed E-state index contributed by atoms with van der Waals surface area (Å²) in [5.41, 5.74) is 2.71. The van der Waals surface area contributed by atoms with Crippen molar-refractivity contribution < 1.29 is 9.72 Å². The predicted molar refractivity (Wildman–Crippen MR) is 110 cm³/mol. The third-order valence-corrected chi connectivity index (χ3v) is 5.49. The lowest BCUT2D eigenvalue weighted by Crippen LogP contribution is -2.33. The average Bonchev–Trinajstić information content (AvgIpc) is 3.09. The van der Waals surface area contributed by atoms with E-state index >= 15 is 0 Å². The lowest BCUT2D eigenvalue weighted by atomic mass is 10.1. The van der Waals surface area contributed by atoms with E-state index in [4.69, 9.17) is 0 Å². The lowest BCUT2D eigenvalue weighted by molar-refractivity contribution is -0.384. The Labute approximate surface area is 164 Å². The number of nitrogens with zero attached hydrogens (tertiary/aromatic N) is 3. The van der Waals surface area contributed by atoms with E-state index in [1.54, 1.807) is 17.0 Å². The van der Waals surface area contributed by atoms with Crippen molar-refractivity contribution in [2.75, 3.05) is 34.8 Å². The Morgan fingerprint density at radius 3 is 2.43 bits per heavy atom.